The lowest BCUT2D eigenvalue weighted by Crippen LogP contribution is -2.18. The van der Waals surface area contributed by atoms with Crippen LogP contribution in [0.25, 0.3) is 0 Å². The van der Waals surface area contributed by atoms with Crippen molar-refractivity contribution in [3.8, 4) is 0 Å². The van der Waals surface area contributed by atoms with Crippen LogP contribution in [0.15, 0.2) is 10.9 Å². The lowest BCUT2D eigenvalue weighted by molar-refractivity contribution is -0.111. The maximum Gasteiger partial charge on any atom is 0.131 e. The van der Waals surface area contributed by atoms with E-state index in [1.54, 1.807) is 5.51 Å². The van der Waals surface area contributed by atoms with Crippen molar-refractivity contribution in [1.82, 2.24) is 4.98 Å². The molecule has 54 valence electrons. The number of carbonyl (C=O) groups excluding carboxylic acids is 1. The number of hydrogen-bond acceptors (Lipinski definition) is 3. The van der Waals surface area contributed by atoms with Gasteiger partial charge in [-0.3, -0.25) is 0 Å². The average Bonchev–Trinajstić information content (AvgIpc) is 2.38. The predicted molar refractivity (Wildman–Crippen MR) is 41.2 cm³/mol. The van der Waals surface area contributed by atoms with Crippen molar-refractivity contribution in [1.29, 1.82) is 0 Å². The van der Waals surface area contributed by atoms with Gasteiger partial charge in [-0.1, -0.05) is 0 Å². The van der Waals surface area contributed by atoms with Crippen LogP contribution in [0.4, 0.5) is 0 Å². The van der Waals surface area contributed by atoms with E-state index in [2.05, 4.69) is 4.98 Å². The summed E-state index contributed by atoms with van der Waals surface area (Å²) in [4.78, 5) is 14.5. The van der Waals surface area contributed by atoms with E-state index in [9.17, 15) is 4.79 Å². The summed E-state index contributed by atoms with van der Waals surface area (Å²) in [6.45, 7) is 3.71. The lowest BCUT2D eigenvalue weighted by Gasteiger charge is -2.11. The molecule has 0 atom stereocenters. The maximum absolute atomic E-state index is 10.5. The van der Waals surface area contributed by atoms with Crippen LogP contribution in [-0.2, 0) is 10.2 Å². The molecule has 0 aliphatic carbocycles. The van der Waals surface area contributed by atoms with Gasteiger partial charge in [-0.25, -0.2) is 4.98 Å². The molecule has 2 nitrogen and oxygen atoms in total. The SMILES string of the molecule is CC(C)(C=O)c1cscn1. The molecule has 1 rings (SSSR count). The zero-order valence-corrected chi connectivity index (χ0v) is 6.81. The molecule has 0 bridgehead atoms. The van der Waals surface area contributed by atoms with E-state index < -0.39 is 5.41 Å². The van der Waals surface area contributed by atoms with E-state index in [1.807, 2.05) is 19.2 Å². The van der Waals surface area contributed by atoms with E-state index in [4.69, 9.17) is 0 Å². The third-order valence-electron chi connectivity index (χ3n) is 1.39. The molecule has 0 unspecified atom stereocenters. The summed E-state index contributed by atoms with van der Waals surface area (Å²) in [5.74, 6) is 0. The highest BCUT2D eigenvalue weighted by atomic mass is 32.1. The molecule has 10 heavy (non-hydrogen) atoms. The van der Waals surface area contributed by atoms with Gasteiger partial charge in [0.05, 0.1) is 16.6 Å². The van der Waals surface area contributed by atoms with Crippen LogP contribution in [0, 0.1) is 0 Å². The molecule has 1 aromatic heterocycles. The fourth-order valence-electron chi connectivity index (χ4n) is 0.591. The van der Waals surface area contributed by atoms with Crippen molar-refractivity contribution in [3.05, 3.63) is 16.6 Å². The van der Waals surface area contributed by atoms with E-state index in [0.29, 0.717) is 0 Å². The number of carbonyl (C=O) groups is 1. The quantitative estimate of drug-likeness (QED) is 0.607. The summed E-state index contributed by atoms with van der Waals surface area (Å²) < 4.78 is 0. The van der Waals surface area contributed by atoms with Gasteiger partial charge >= 0.3 is 0 Å². The second-order valence-corrected chi connectivity index (χ2v) is 3.43. The molecule has 1 aromatic rings. The minimum atomic E-state index is -0.417. The molecule has 3 heteroatoms. The van der Waals surface area contributed by atoms with Gasteiger partial charge in [-0.05, 0) is 13.8 Å². The van der Waals surface area contributed by atoms with Crippen LogP contribution in [0.5, 0.6) is 0 Å². The predicted octanol–water partition coefficient (Wildman–Crippen LogP) is 1.62. The normalized spacial score (nSPS) is 11.4. The summed E-state index contributed by atoms with van der Waals surface area (Å²) in [6.07, 6.45) is 0.919. The minimum Gasteiger partial charge on any atom is -0.302 e. The zero-order chi connectivity index (χ0) is 7.61. The van der Waals surface area contributed by atoms with Gasteiger partial charge in [0.25, 0.3) is 0 Å². The topological polar surface area (TPSA) is 30.0 Å². The van der Waals surface area contributed by atoms with Crippen molar-refractivity contribution in [2.24, 2.45) is 0 Å². The second-order valence-electron chi connectivity index (χ2n) is 2.71. The summed E-state index contributed by atoms with van der Waals surface area (Å²) in [5.41, 5.74) is 2.17. The summed E-state index contributed by atoms with van der Waals surface area (Å²) >= 11 is 1.51. The first-order chi connectivity index (χ1) is 4.67. The van der Waals surface area contributed by atoms with Gasteiger partial charge < -0.3 is 4.79 Å². The van der Waals surface area contributed by atoms with E-state index in [0.717, 1.165) is 12.0 Å². The fourth-order valence-corrected chi connectivity index (χ4v) is 1.32. The van der Waals surface area contributed by atoms with E-state index in [1.165, 1.54) is 11.3 Å². The van der Waals surface area contributed by atoms with Gasteiger partial charge in [-0.2, -0.15) is 0 Å². The van der Waals surface area contributed by atoms with Crippen molar-refractivity contribution < 1.29 is 4.79 Å². The van der Waals surface area contributed by atoms with Crippen molar-refractivity contribution >= 4 is 17.6 Å². The Labute approximate surface area is 63.9 Å². The Morgan fingerprint density at radius 3 is 2.80 bits per heavy atom. The molecule has 0 aromatic carbocycles. The van der Waals surface area contributed by atoms with Crippen LogP contribution >= 0.6 is 11.3 Å². The fraction of sp³-hybridized carbons (Fsp3) is 0.429. The number of aromatic nitrogens is 1. The first kappa shape index (κ1) is 7.41. The smallest absolute Gasteiger partial charge is 0.131 e. The molecular formula is C7H9NOS. The van der Waals surface area contributed by atoms with Gasteiger partial charge in [-0.15, -0.1) is 11.3 Å². The van der Waals surface area contributed by atoms with Crippen molar-refractivity contribution in [2.45, 2.75) is 19.3 Å². The molecule has 0 N–H and O–H groups in total. The summed E-state index contributed by atoms with van der Waals surface area (Å²) in [7, 11) is 0. The largest absolute Gasteiger partial charge is 0.302 e. The Morgan fingerprint density at radius 1 is 1.70 bits per heavy atom. The molecular weight excluding hydrogens is 146 g/mol. The lowest BCUT2D eigenvalue weighted by atomic mass is 9.93. The Hall–Kier alpha value is -0.700. The number of nitrogens with zero attached hydrogens (tertiary/aromatic N) is 1. The molecule has 1 heterocycles. The van der Waals surface area contributed by atoms with E-state index >= 15 is 0 Å². The molecule has 0 aliphatic rings. The number of hydrogen-bond donors (Lipinski definition) is 0. The third kappa shape index (κ3) is 1.24. The molecule has 0 fully saturated rings. The number of aldehydes is 1. The minimum absolute atomic E-state index is 0.417. The van der Waals surface area contributed by atoms with Crippen LogP contribution in [0.3, 0.4) is 0 Å². The van der Waals surface area contributed by atoms with Crippen LogP contribution in [0.2, 0.25) is 0 Å². The van der Waals surface area contributed by atoms with Gasteiger partial charge in [0, 0.05) is 5.38 Å². The third-order valence-corrected chi connectivity index (χ3v) is 1.97. The number of rotatable bonds is 2. The molecule has 0 saturated heterocycles. The average molecular weight is 155 g/mol. The highest BCUT2D eigenvalue weighted by Gasteiger charge is 2.20. The molecule has 0 spiro atoms. The standard InChI is InChI=1S/C7H9NOS/c1-7(2,4-9)6-3-10-5-8-6/h3-5H,1-2H3. The van der Waals surface area contributed by atoms with Crippen LogP contribution < -0.4 is 0 Å². The Kier molecular flexibility index (Phi) is 1.85. The molecule has 0 radical (unpaired) electrons. The zero-order valence-electron chi connectivity index (χ0n) is 6.00. The Bertz CT molecular complexity index is 216. The van der Waals surface area contributed by atoms with Crippen molar-refractivity contribution in [3.63, 3.8) is 0 Å². The van der Waals surface area contributed by atoms with Crippen LogP contribution in [-0.4, -0.2) is 11.3 Å². The van der Waals surface area contributed by atoms with Gasteiger partial charge in [0.15, 0.2) is 0 Å². The first-order valence-electron chi connectivity index (χ1n) is 3.02. The number of thiazole rings is 1. The van der Waals surface area contributed by atoms with E-state index in [-0.39, 0.29) is 0 Å². The summed E-state index contributed by atoms with van der Waals surface area (Å²) in [5, 5.41) is 1.90. The molecule has 0 amide bonds. The van der Waals surface area contributed by atoms with Gasteiger partial charge in [0.1, 0.15) is 6.29 Å². The monoisotopic (exact) mass is 155 g/mol. The van der Waals surface area contributed by atoms with Crippen LogP contribution in [0.1, 0.15) is 19.5 Å². The van der Waals surface area contributed by atoms with Crippen molar-refractivity contribution in [2.75, 3.05) is 0 Å². The first-order valence-corrected chi connectivity index (χ1v) is 3.96. The molecule has 0 aliphatic heterocycles. The highest BCUT2D eigenvalue weighted by Crippen LogP contribution is 2.19. The highest BCUT2D eigenvalue weighted by molar-refractivity contribution is 7.07. The molecule has 0 saturated carbocycles. The summed E-state index contributed by atoms with van der Waals surface area (Å²) in [6, 6.07) is 0. The second kappa shape index (κ2) is 2.50. The Balaban J connectivity index is 2.95. The Morgan fingerprint density at radius 2 is 2.40 bits per heavy atom. The van der Waals surface area contributed by atoms with Gasteiger partial charge in [0.2, 0.25) is 0 Å². The maximum atomic E-state index is 10.5.